The van der Waals surface area contributed by atoms with Crippen molar-refractivity contribution >= 4 is 21.7 Å². The number of anilines is 1. The first-order chi connectivity index (χ1) is 10.2. The van der Waals surface area contributed by atoms with Crippen LogP contribution >= 0.6 is 15.9 Å². The zero-order chi connectivity index (χ0) is 14.7. The van der Waals surface area contributed by atoms with Gasteiger partial charge in [-0.2, -0.15) is 0 Å². The summed E-state index contributed by atoms with van der Waals surface area (Å²) in [6.45, 7) is 1.70. The molecule has 5 heteroatoms. The van der Waals surface area contributed by atoms with E-state index in [1.54, 1.807) is 0 Å². The Labute approximate surface area is 133 Å². The molecule has 0 saturated heterocycles. The Morgan fingerprint density at radius 3 is 2.81 bits per heavy atom. The van der Waals surface area contributed by atoms with E-state index < -0.39 is 0 Å². The molecule has 0 amide bonds. The fraction of sp³-hybridized carbons (Fsp3) is 0.375. The van der Waals surface area contributed by atoms with Gasteiger partial charge in [0.2, 0.25) is 0 Å². The summed E-state index contributed by atoms with van der Waals surface area (Å²) in [6.07, 6.45) is 8.10. The molecule has 21 heavy (non-hydrogen) atoms. The van der Waals surface area contributed by atoms with E-state index in [4.69, 9.17) is 0 Å². The lowest BCUT2D eigenvalue weighted by Crippen LogP contribution is -2.22. The minimum absolute atomic E-state index is 0.697. The van der Waals surface area contributed by atoms with Crippen molar-refractivity contribution in [3.05, 3.63) is 52.4 Å². The van der Waals surface area contributed by atoms with Crippen LogP contribution in [0.1, 0.15) is 24.0 Å². The van der Waals surface area contributed by atoms with Crippen LogP contribution < -0.4 is 10.2 Å². The number of pyridine rings is 2. The van der Waals surface area contributed by atoms with Crippen molar-refractivity contribution in [3.63, 3.8) is 0 Å². The average molecular weight is 347 g/mol. The van der Waals surface area contributed by atoms with Crippen molar-refractivity contribution < 1.29 is 0 Å². The molecule has 0 radical (unpaired) electrons. The van der Waals surface area contributed by atoms with Crippen molar-refractivity contribution in [2.45, 2.75) is 32.0 Å². The molecule has 1 aliphatic carbocycles. The van der Waals surface area contributed by atoms with Crippen LogP contribution in [0.5, 0.6) is 0 Å². The van der Waals surface area contributed by atoms with E-state index >= 15 is 0 Å². The predicted molar refractivity (Wildman–Crippen MR) is 88.1 cm³/mol. The highest BCUT2D eigenvalue weighted by Gasteiger charge is 2.21. The number of hydrogen-bond donors (Lipinski definition) is 1. The molecule has 0 unspecified atom stereocenters. The summed E-state index contributed by atoms with van der Waals surface area (Å²) in [4.78, 5) is 10.8. The van der Waals surface area contributed by atoms with Gasteiger partial charge in [0.05, 0.1) is 0 Å². The second kappa shape index (κ2) is 6.54. The summed E-state index contributed by atoms with van der Waals surface area (Å²) in [5, 5.41) is 3.56. The van der Waals surface area contributed by atoms with Crippen LogP contribution in [0.3, 0.4) is 0 Å². The molecular weight excluding hydrogens is 328 g/mol. The molecule has 0 aromatic carbocycles. The van der Waals surface area contributed by atoms with Gasteiger partial charge >= 0.3 is 0 Å². The number of halogens is 1. The number of hydrogen-bond acceptors (Lipinski definition) is 4. The molecule has 1 saturated carbocycles. The van der Waals surface area contributed by atoms with Crippen molar-refractivity contribution in [1.29, 1.82) is 0 Å². The topological polar surface area (TPSA) is 41.1 Å². The van der Waals surface area contributed by atoms with Crippen LogP contribution in [0.15, 0.2) is 41.3 Å². The number of nitrogens with zero attached hydrogens (tertiary/aromatic N) is 3. The second-order valence-corrected chi connectivity index (χ2v) is 6.42. The minimum Gasteiger partial charge on any atom is -0.355 e. The lowest BCUT2D eigenvalue weighted by atomic mass is 10.2. The van der Waals surface area contributed by atoms with E-state index in [0.717, 1.165) is 23.4 Å². The molecule has 2 aromatic heterocycles. The lowest BCUT2D eigenvalue weighted by Gasteiger charge is -2.21. The quantitative estimate of drug-likeness (QED) is 0.872. The number of aromatic nitrogens is 2. The maximum Gasteiger partial charge on any atom is 0.133 e. The molecule has 0 spiro atoms. The van der Waals surface area contributed by atoms with E-state index in [-0.39, 0.29) is 0 Å². The van der Waals surface area contributed by atoms with Gasteiger partial charge in [-0.1, -0.05) is 0 Å². The molecule has 1 fully saturated rings. The Morgan fingerprint density at radius 2 is 2.10 bits per heavy atom. The highest BCUT2D eigenvalue weighted by Crippen LogP contribution is 2.24. The second-order valence-electron chi connectivity index (χ2n) is 5.50. The van der Waals surface area contributed by atoms with Crippen LogP contribution in [0.4, 0.5) is 5.82 Å². The highest BCUT2D eigenvalue weighted by molar-refractivity contribution is 9.10. The van der Waals surface area contributed by atoms with Gasteiger partial charge in [0.15, 0.2) is 0 Å². The van der Waals surface area contributed by atoms with Crippen molar-refractivity contribution in [2.75, 3.05) is 11.9 Å². The standard InChI is InChI=1S/C16H19BrN4/c1-21(11-12-4-6-18-7-5-12)16-13(8-14(17)10-20-16)9-19-15-2-3-15/h4-8,10,15,19H,2-3,9,11H2,1H3. The molecule has 0 aliphatic heterocycles. The first-order valence-electron chi connectivity index (χ1n) is 7.20. The van der Waals surface area contributed by atoms with E-state index in [2.05, 4.69) is 49.2 Å². The molecule has 2 aromatic rings. The minimum atomic E-state index is 0.697. The fourth-order valence-corrected chi connectivity index (χ4v) is 2.71. The summed E-state index contributed by atoms with van der Waals surface area (Å²) in [5.74, 6) is 1.03. The maximum atomic E-state index is 4.60. The molecule has 1 aliphatic rings. The van der Waals surface area contributed by atoms with Gasteiger partial charge in [0, 0.05) is 54.8 Å². The zero-order valence-corrected chi connectivity index (χ0v) is 13.7. The van der Waals surface area contributed by atoms with Crippen LogP contribution in [-0.4, -0.2) is 23.1 Å². The largest absolute Gasteiger partial charge is 0.355 e. The fourth-order valence-electron chi connectivity index (χ4n) is 2.33. The third-order valence-electron chi connectivity index (χ3n) is 3.60. The van der Waals surface area contributed by atoms with Gasteiger partial charge in [-0.05, 0) is 52.5 Å². The molecule has 0 atom stereocenters. The average Bonchev–Trinajstić information content (AvgIpc) is 3.30. The van der Waals surface area contributed by atoms with Gasteiger partial charge < -0.3 is 10.2 Å². The van der Waals surface area contributed by atoms with E-state index in [0.29, 0.717) is 6.04 Å². The Morgan fingerprint density at radius 1 is 1.33 bits per heavy atom. The highest BCUT2D eigenvalue weighted by atomic mass is 79.9. The Kier molecular flexibility index (Phi) is 4.51. The van der Waals surface area contributed by atoms with Gasteiger partial charge in [-0.25, -0.2) is 4.98 Å². The molecule has 3 rings (SSSR count). The van der Waals surface area contributed by atoms with Crippen LogP contribution in [0, 0.1) is 0 Å². The summed E-state index contributed by atoms with van der Waals surface area (Å²) in [7, 11) is 2.08. The Bertz CT molecular complexity index is 598. The molecule has 110 valence electrons. The molecule has 4 nitrogen and oxygen atoms in total. The summed E-state index contributed by atoms with van der Waals surface area (Å²) in [5.41, 5.74) is 2.46. The Balaban J connectivity index is 1.75. The van der Waals surface area contributed by atoms with E-state index in [1.807, 2.05) is 30.7 Å². The van der Waals surface area contributed by atoms with Crippen LogP contribution in [0.2, 0.25) is 0 Å². The predicted octanol–water partition coefficient (Wildman–Crippen LogP) is 3.13. The molecule has 0 bridgehead atoms. The summed E-state index contributed by atoms with van der Waals surface area (Å²) in [6, 6.07) is 6.93. The third kappa shape index (κ3) is 4.02. The SMILES string of the molecule is CN(Cc1ccncc1)c1ncc(Br)cc1CNC1CC1. The summed E-state index contributed by atoms with van der Waals surface area (Å²) < 4.78 is 1.02. The first kappa shape index (κ1) is 14.5. The number of rotatable bonds is 6. The molecular formula is C16H19BrN4. The smallest absolute Gasteiger partial charge is 0.133 e. The van der Waals surface area contributed by atoms with Crippen molar-refractivity contribution in [1.82, 2.24) is 15.3 Å². The summed E-state index contributed by atoms with van der Waals surface area (Å²) >= 11 is 3.52. The van der Waals surface area contributed by atoms with Crippen molar-refractivity contribution in [3.8, 4) is 0 Å². The van der Waals surface area contributed by atoms with Gasteiger partial charge in [-0.3, -0.25) is 4.98 Å². The van der Waals surface area contributed by atoms with Gasteiger partial charge in [0.1, 0.15) is 5.82 Å². The normalized spacial score (nSPS) is 14.2. The van der Waals surface area contributed by atoms with Crippen LogP contribution in [-0.2, 0) is 13.1 Å². The van der Waals surface area contributed by atoms with Gasteiger partial charge in [0.25, 0.3) is 0 Å². The molecule has 1 N–H and O–H groups in total. The third-order valence-corrected chi connectivity index (χ3v) is 4.03. The lowest BCUT2D eigenvalue weighted by molar-refractivity contribution is 0.682. The monoisotopic (exact) mass is 346 g/mol. The van der Waals surface area contributed by atoms with Crippen molar-refractivity contribution in [2.24, 2.45) is 0 Å². The zero-order valence-electron chi connectivity index (χ0n) is 12.1. The number of nitrogens with one attached hydrogen (secondary N) is 1. The maximum absolute atomic E-state index is 4.60. The van der Waals surface area contributed by atoms with E-state index in [9.17, 15) is 0 Å². The Hall–Kier alpha value is -1.46. The van der Waals surface area contributed by atoms with Crippen LogP contribution in [0.25, 0.3) is 0 Å². The van der Waals surface area contributed by atoms with E-state index in [1.165, 1.54) is 24.0 Å². The van der Waals surface area contributed by atoms with Gasteiger partial charge in [-0.15, -0.1) is 0 Å². The molecule has 2 heterocycles. The first-order valence-corrected chi connectivity index (χ1v) is 7.99.